The van der Waals surface area contributed by atoms with E-state index in [2.05, 4.69) is 5.32 Å². The Morgan fingerprint density at radius 3 is 2.61 bits per heavy atom. The molecule has 28 heavy (non-hydrogen) atoms. The van der Waals surface area contributed by atoms with E-state index >= 15 is 0 Å². The van der Waals surface area contributed by atoms with E-state index in [1.54, 1.807) is 18.9 Å². The molecule has 0 atom stereocenters. The third-order valence-corrected chi connectivity index (χ3v) is 6.46. The van der Waals surface area contributed by atoms with Gasteiger partial charge in [0.1, 0.15) is 10.6 Å². The van der Waals surface area contributed by atoms with Crippen LogP contribution in [0.3, 0.4) is 0 Å². The van der Waals surface area contributed by atoms with E-state index in [9.17, 15) is 4.79 Å². The summed E-state index contributed by atoms with van der Waals surface area (Å²) in [6, 6.07) is 15.6. The van der Waals surface area contributed by atoms with Crippen LogP contribution in [0.2, 0.25) is 0 Å². The number of thiazole rings is 1. The first-order chi connectivity index (χ1) is 13.6. The number of rotatable bonds is 5. The molecule has 4 rings (SSSR count). The molecule has 0 bridgehead atoms. The molecule has 2 heterocycles. The Balaban J connectivity index is 1.63. The summed E-state index contributed by atoms with van der Waals surface area (Å²) in [5, 5.41) is 3.02. The van der Waals surface area contributed by atoms with Crippen LogP contribution in [-0.4, -0.2) is 28.7 Å². The number of aryl methyl sites for hydroxylation is 1. The highest BCUT2D eigenvalue weighted by Gasteiger charge is 2.19. The average molecular weight is 410 g/mol. The van der Waals surface area contributed by atoms with Gasteiger partial charge < -0.3 is 10.1 Å². The van der Waals surface area contributed by atoms with E-state index in [0.29, 0.717) is 4.88 Å². The number of ether oxygens (including phenoxy) is 1. The molecule has 0 saturated heterocycles. The zero-order chi connectivity index (χ0) is 19.7. The number of imidazole rings is 1. The van der Waals surface area contributed by atoms with Crippen molar-refractivity contribution in [3.05, 3.63) is 65.3 Å². The lowest BCUT2D eigenvalue weighted by Gasteiger charge is -2.08. The predicted octanol–water partition coefficient (Wildman–Crippen LogP) is 5.35. The Morgan fingerprint density at radius 1 is 1.18 bits per heavy atom. The van der Waals surface area contributed by atoms with Crippen LogP contribution >= 0.6 is 23.1 Å². The van der Waals surface area contributed by atoms with Crippen LogP contribution in [-0.2, 0) is 0 Å². The molecule has 2 aromatic carbocycles. The summed E-state index contributed by atoms with van der Waals surface area (Å²) in [6.45, 7) is 1.94. The Hall–Kier alpha value is -2.77. The third-order valence-electron chi connectivity index (χ3n) is 4.50. The number of hydrogen-bond donors (Lipinski definition) is 1. The highest BCUT2D eigenvalue weighted by atomic mass is 32.2. The lowest BCUT2D eigenvalue weighted by atomic mass is 10.2. The van der Waals surface area contributed by atoms with Gasteiger partial charge in [-0.2, -0.15) is 0 Å². The summed E-state index contributed by atoms with van der Waals surface area (Å²) in [7, 11) is 1.65. The predicted molar refractivity (Wildman–Crippen MR) is 116 cm³/mol. The van der Waals surface area contributed by atoms with Gasteiger partial charge in [0.05, 0.1) is 18.5 Å². The molecule has 7 heteroatoms. The minimum atomic E-state index is -0.111. The van der Waals surface area contributed by atoms with Crippen LogP contribution in [0.25, 0.3) is 16.2 Å². The summed E-state index contributed by atoms with van der Waals surface area (Å²) >= 11 is 3.00. The van der Waals surface area contributed by atoms with Crippen molar-refractivity contribution in [1.82, 2.24) is 9.38 Å². The molecule has 2 aromatic heterocycles. The fourth-order valence-electron chi connectivity index (χ4n) is 2.99. The van der Waals surface area contributed by atoms with E-state index in [1.165, 1.54) is 11.3 Å². The fourth-order valence-corrected chi connectivity index (χ4v) is 4.55. The zero-order valence-corrected chi connectivity index (χ0v) is 17.4. The number of benzene rings is 2. The van der Waals surface area contributed by atoms with Crippen molar-refractivity contribution in [2.24, 2.45) is 0 Å². The minimum absolute atomic E-state index is 0.111. The largest absolute Gasteiger partial charge is 0.497 e. The highest BCUT2D eigenvalue weighted by molar-refractivity contribution is 7.98. The smallest absolute Gasteiger partial charge is 0.267 e. The van der Waals surface area contributed by atoms with Gasteiger partial charge >= 0.3 is 0 Å². The van der Waals surface area contributed by atoms with Crippen LogP contribution in [0.15, 0.2) is 59.6 Å². The van der Waals surface area contributed by atoms with Gasteiger partial charge in [-0.25, -0.2) is 4.98 Å². The Labute approximate surface area is 171 Å². The van der Waals surface area contributed by atoms with Crippen molar-refractivity contribution in [2.45, 2.75) is 11.8 Å². The summed E-state index contributed by atoms with van der Waals surface area (Å²) in [5.41, 5.74) is 3.59. The number of para-hydroxylation sites is 1. The topological polar surface area (TPSA) is 55.6 Å². The number of anilines is 1. The molecule has 142 valence electrons. The van der Waals surface area contributed by atoms with E-state index in [-0.39, 0.29) is 5.91 Å². The fraction of sp³-hybridized carbons (Fsp3) is 0.143. The molecule has 0 aliphatic carbocycles. The van der Waals surface area contributed by atoms with E-state index in [4.69, 9.17) is 9.72 Å². The molecule has 5 nitrogen and oxygen atoms in total. The SMILES string of the molecule is COc1ccc(-c2cn3c(C)c(C(=O)Nc4ccccc4SC)sc3n2)cc1. The summed E-state index contributed by atoms with van der Waals surface area (Å²) in [6.07, 6.45) is 3.96. The molecule has 0 aliphatic rings. The quantitative estimate of drug-likeness (QED) is 0.451. The lowest BCUT2D eigenvalue weighted by Crippen LogP contribution is -2.12. The summed E-state index contributed by atoms with van der Waals surface area (Å²) in [5.74, 6) is 0.700. The van der Waals surface area contributed by atoms with Gasteiger partial charge in [-0.1, -0.05) is 23.5 Å². The van der Waals surface area contributed by atoms with Crippen LogP contribution in [0, 0.1) is 6.92 Å². The molecular weight excluding hydrogens is 390 g/mol. The number of methoxy groups -OCH3 is 1. The van der Waals surface area contributed by atoms with Gasteiger partial charge in [0.2, 0.25) is 0 Å². The molecule has 0 fully saturated rings. The lowest BCUT2D eigenvalue weighted by molar-refractivity contribution is 0.102. The van der Waals surface area contributed by atoms with E-state index in [0.717, 1.165) is 38.2 Å². The van der Waals surface area contributed by atoms with Gasteiger partial charge in [0.15, 0.2) is 4.96 Å². The third kappa shape index (κ3) is 3.39. The Morgan fingerprint density at radius 2 is 1.93 bits per heavy atom. The van der Waals surface area contributed by atoms with Crippen molar-refractivity contribution in [2.75, 3.05) is 18.7 Å². The summed E-state index contributed by atoms with van der Waals surface area (Å²) in [4.78, 5) is 20.0. The number of fused-ring (bicyclic) bond motifs is 1. The second-order valence-electron chi connectivity index (χ2n) is 6.18. The molecule has 1 N–H and O–H groups in total. The van der Waals surface area contributed by atoms with E-state index in [1.807, 2.05) is 72.3 Å². The van der Waals surface area contributed by atoms with E-state index < -0.39 is 0 Å². The molecule has 0 saturated carbocycles. The molecule has 1 amide bonds. The van der Waals surface area contributed by atoms with Gasteiger partial charge in [0, 0.05) is 22.3 Å². The standard InChI is InChI=1S/C21H19N3O2S2/c1-13-19(20(25)22-16-6-4-5-7-18(16)27-3)28-21-23-17(12-24(13)21)14-8-10-15(26-2)11-9-14/h4-12H,1-3H3,(H,22,25). The normalized spacial score (nSPS) is 11.0. The number of carbonyl (C=O) groups is 1. The second-order valence-corrected chi connectivity index (χ2v) is 8.00. The Bertz CT molecular complexity index is 1150. The van der Waals surface area contributed by atoms with Crippen molar-refractivity contribution in [1.29, 1.82) is 0 Å². The van der Waals surface area contributed by atoms with Crippen molar-refractivity contribution in [3.63, 3.8) is 0 Å². The number of amides is 1. The number of nitrogens with one attached hydrogen (secondary N) is 1. The molecule has 0 radical (unpaired) electrons. The monoisotopic (exact) mass is 409 g/mol. The highest BCUT2D eigenvalue weighted by Crippen LogP contribution is 2.30. The zero-order valence-electron chi connectivity index (χ0n) is 15.7. The van der Waals surface area contributed by atoms with Gasteiger partial charge in [-0.15, -0.1) is 11.8 Å². The van der Waals surface area contributed by atoms with Crippen LogP contribution in [0.1, 0.15) is 15.4 Å². The number of aromatic nitrogens is 2. The molecule has 0 spiro atoms. The van der Waals surface area contributed by atoms with Crippen molar-refractivity contribution in [3.8, 4) is 17.0 Å². The van der Waals surface area contributed by atoms with Crippen molar-refractivity contribution >= 4 is 39.7 Å². The molecule has 0 unspecified atom stereocenters. The number of carbonyl (C=O) groups excluding carboxylic acids is 1. The number of thioether (sulfide) groups is 1. The first kappa shape index (κ1) is 18.6. The molecule has 0 aliphatic heterocycles. The van der Waals surface area contributed by atoms with Gasteiger partial charge in [-0.05, 0) is 49.6 Å². The maximum absolute atomic E-state index is 12.8. The van der Waals surface area contributed by atoms with Crippen LogP contribution in [0.4, 0.5) is 5.69 Å². The molecule has 4 aromatic rings. The number of nitrogens with zero attached hydrogens (tertiary/aromatic N) is 2. The number of hydrogen-bond acceptors (Lipinski definition) is 5. The first-order valence-electron chi connectivity index (χ1n) is 8.68. The van der Waals surface area contributed by atoms with Crippen LogP contribution in [0.5, 0.6) is 5.75 Å². The first-order valence-corrected chi connectivity index (χ1v) is 10.7. The summed E-state index contributed by atoms with van der Waals surface area (Å²) < 4.78 is 7.18. The Kier molecular flexibility index (Phi) is 5.11. The minimum Gasteiger partial charge on any atom is -0.497 e. The second kappa shape index (κ2) is 7.69. The van der Waals surface area contributed by atoms with Crippen LogP contribution < -0.4 is 10.1 Å². The molecular formula is C21H19N3O2S2. The maximum Gasteiger partial charge on any atom is 0.267 e. The van der Waals surface area contributed by atoms with Crippen molar-refractivity contribution < 1.29 is 9.53 Å². The maximum atomic E-state index is 12.8. The van der Waals surface area contributed by atoms with Gasteiger partial charge in [-0.3, -0.25) is 9.20 Å². The average Bonchev–Trinajstić information content (AvgIpc) is 3.28. The van der Waals surface area contributed by atoms with Gasteiger partial charge in [0.25, 0.3) is 5.91 Å².